The largest absolute Gasteiger partial charge is 1.00 e. The number of carboxylic acids is 2. The zero-order valence-corrected chi connectivity index (χ0v) is 53.7. The van der Waals surface area contributed by atoms with Crippen molar-refractivity contribution in [2.45, 2.75) is 112 Å². The molecule has 18 nitrogen and oxygen atoms in total. The van der Waals surface area contributed by atoms with Gasteiger partial charge in [-0.3, -0.25) is 0 Å². The number of nitrogens with zero attached hydrogens (tertiary/aromatic N) is 4. The van der Waals surface area contributed by atoms with Gasteiger partial charge in [-0.1, -0.05) is 125 Å². The number of sulfonamides is 2. The Morgan fingerprint density at radius 3 is 1.20 bits per heavy atom. The first-order valence-electron chi connectivity index (χ1n) is 24.1. The number of rotatable bonds is 24. The van der Waals surface area contributed by atoms with Crippen molar-refractivity contribution in [1.29, 1.82) is 0 Å². The molecule has 0 fully saturated rings. The van der Waals surface area contributed by atoms with Crippen LogP contribution in [0.2, 0.25) is 0 Å². The molecule has 6 aromatic rings. The number of carbonyl (C=O) groups excluding carboxylic acids is 4. The second-order valence-corrected chi connectivity index (χ2v) is 21.7. The van der Waals surface area contributed by atoms with Crippen molar-refractivity contribution in [2.24, 2.45) is 0 Å². The van der Waals surface area contributed by atoms with Crippen molar-refractivity contribution in [3.8, 4) is 22.3 Å². The summed E-state index contributed by atoms with van der Waals surface area (Å²) < 4.78 is 60.7. The summed E-state index contributed by atoms with van der Waals surface area (Å²) in [6.45, 7) is 8.61. The van der Waals surface area contributed by atoms with Gasteiger partial charge < -0.3 is 39.6 Å². The van der Waals surface area contributed by atoms with E-state index in [1.807, 2.05) is 39.8 Å². The number of aromatic carboxylic acids is 2. The molecule has 4 amide bonds. The number of unbranched alkanes of at least 4 members (excludes halogenated alkanes) is 2. The number of aryl methyl sites for hydroxylation is 2. The van der Waals surface area contributed by atoms with E-state index in [1.54, 1.807) is 94.4 Å². The van der Waals surface area contributed by atoms with Gasteiger partial charge in [0.25, 0.3) is 20.0 Å². The average Bonchev–Trinajstić information content (AvgIpc) is 3.93. The molecule has 4 aromatic carbocycles. The predicted molar refractivity (Wildman–Crippen MR) is 284 cm³/mol. The summed E-state index contributed by atoms with van der Waals surface area (Å²) >= 11 is 2.44. The number of amides is 4. The number of benzene rings is 4. The number of nitrogens with one attached hydrogen (secondary N) is 4. The third-order valence-corrected chi connectivity index (χ3v) is 15.4. The van der Waals surface area contributed by atoms with Crippen LogP contribution in [0.1, 0.15) is 110 Å². The van der Waals surface area contributed by atoms with E-state index in [4.69, 9.17) is 0 Å². The molecule has 0 atom stereocenters. The SMILES string of the molecule is CCCCc1nc(SC)c(C(=O)[O-])n1Cc1ccc(-c2ccccc2)c(S(=O)(=O)NC(=O)NCCC)c1.CCCCc1nc(SC)c(C(=O)[O-])n1Cc1ccc(-c2ccccc2)c(S(=O)(=O)NC(=O)NCCC)c1.[K+].[K+]. The molecule has 0 saturated heterocycles. The first-order valence-corrected chi connectivity index (χ1v) is 29.5. The normalized spacial score (nSPS) is 11.0. The third-order valence-electron chi connectivity index (χ3n) is 11.4. The monoisotopic (exact) mass is 1160 g/mol. The number of carboxylic acid groups (broad SMARTS) is 2. The molecule has 6 rings (SSSR count). The van der Waals surface area contributed by atoms with E-state index in [2.05, 4.69) is 30.0 Å². The maximum absolute atomic E-state index is 13.3. The molecule has 396 valence electrons. The van der Waals surface area contributed by atoms with Crippen LogP contribution in [0.15, 0.2) is 117 Å². The maximum atomic E-state index is 13.3. The van der Waals surface area contributed by atoms with Crippen LogP contribution in [0.5, 0.6) is 0 Å². The molecule has 0 bridgehead atoms. The second-order valence-electron chi connectivity index (χ2n) is 16.8. The number of urea groups is 2. The summed E-state index contributed by atoms with van der Waals surface area (Å²) in [6, 6.07) is 26.1. The van der Waals surface area contributed by atoms with Crippen LogP contribution in [0.25, 0.3) is 22.3 Å². The van der Waals surface area contributed by atoms with Crippen LogP contribution in [0, 0.1) is 0 Å². The summed E-state index contributed by atoms with van der Waals surface area (Å²) in [6.07, 6.45) is 9.40. The van der Waals surface area contributed by atoms with Crippen molar-refractivity contribution >= 4 is 67.6 Å². The Morgan fingerprint density at radius 2 is 0.895 bits per heavy atom. The van der Waals surface area contributed by atoms with Crippen LogP contribution in [-0.4, -0.2) is 85.5 Å². The van der Waals surface area contributed by atoms with Gasteiger partial charge in [0.2, 0.25) is 0 Å². The Bertz CT molecular complexity index is 2930. The number of imidazole rings is 2. The van der Waals surface area contributed by atoms with E-state index in [-0.39, 0.29) is 137 Å². The molecule has 0 unspecified atom stereocenters. The van der Waals surface area contributed by atoms with Crippen LogP contribution >= 0.6 is 23.5 Å². The number of thioether (sulfide) groups is 2. The third kappa shape index (κ3) is 18.4. The molecule has 0 radical (unpaired) electrons. The summed E-state index contributed by atoms with van der Waals surface area (Å²) in [7, 11) is -8.51. The van der Waals surface area contributed by atoms with Gasteiger partial charge in [-0.25, -0.2) is 45.8 Å². The molecule has 0 spiro atoms. The molecule has 0 saturated carbocycles. The Kier molecular flexibility index (Phi) is 28.8. The van der Waals surface area contributed by atoms with E-state index in [0.717, 1.165) is 25.7 Å². The van der Waals surface area contributed by atoms with E-state index in [0.29, 0.717) is 93.9 Å². The van der Waals surface area contributed by atoms with Crippen LogP contribution in [0.4, 0.5) is 9.59 Å². The van der Waals surface area contributed by atoms with Crippen LogP contribution in [-0.2, 0) is 46.0 Å². The molecule has 76 heavy (non-hydrogen) atoms. The van der Waals surface area contributed by atoms with Gasteiger partial charge in [0.05, 0.1) is 33.1 Å². The first-order chi connectivity index (χ1) is 35.4. The zero-order valence-electron chi connectivity index (χ0n) is 44.2. The Labute approximate surface area is 539 Å². The van der Waals surface area contributed by atoms with Crippen molar-refractivity contribution in [3.63, 3.8) is 0 Å². The van der Waals surface area contributed by atoms with Gasteiger partial charge in [-0.2, -0.15) is 0 Å². The van der Waals surface area contributed by atoms with Gasteiger partial charge in [0, 0.05) is 50.1 Å². The minimum absolute atomic E-state index is 0. The van der Waals surface area contributed by atoms with Gasteiger partial charge in [0.1, 0.15) is 21.7 Å². The first kappa shape index (κ1) is 66.9. The molecular formula is C52H62K2N8O10S4. The van der Waals surface area contributed by atoms with E-state index >= 15 is 0 Å². The van der Waals surface area contributed by atoms with Crippen LogP contribution in [0.3, 0.4) is 0 Å². The summed E-state index contributed by atoms with van der Waals surface area (Å²) in [5.41, 5.74) is 3.17. The molecule has 0 aliphatic carbocycles. The Morgan fingerprint density at radius 1 is 0.539 bits per heavy atom. The fourth-order valence-corrected chi connectivity index (χ4v) is 11.4. The number of hydrogen-bond acceptors (Lipinski definition) is 14. The van der Waals surface area contributed by atoms with Gasteiger partial charge >= 0.3 is 115 Å². The van der Waals surface area contributed by atoms with E-state index < -0.39 is 44.0 Å². The van der Waals surface area contributed by atoms with E-state index in [9.17, 15) is 46.2 Å². The summed E-state index contributed by atoms with van der Waals surface area (Å²) in [4.78, 5) is 57.3. The average molecular weight is 1170 g/mol. The van der Waals surface area contributed by atoms with Crippen molar-refractivity contribution < 1.29 is 149 Å². The van der Waals surface area contributed by atoms with Crippen molar-refractivity contribution in [2.75, 3.05) is 25.6 Å². The molecule has 2 aromatic heterocycles. The maximum Gasteiger partial charge on any atom is 1.00 e. The Balaban J connectivity index is 0.000000390. The smallest absolute Gasteiger partial charge is 0.543 e. The topological polar surface area (TPSA) is 266 Å². The van der Waals surface area contributed by atoms with Gasteiger partial charge in [0.15, 0.2) is 0 Å². The molecule has 0 aliphatic heterocycles. The molecule has 4 N–H and O–H groups in total. The van der Waals surface area contributed by atoms with Crippen molar-refractivity contribution in [1.82, 2.24) is 39.2 Å². The number of carbonyl (C=O) groups is 4. The van der Waals surface area contributed by atoms with Crippen LogP contribution < -0.4 is 133 Å². The Hall–Kier alpha value is -3.35. The second kappa shape index (κ2) is 32.7. The standard InChI is InChI=1S/2C26H32N4O5S2.2K/c2*1-4-6-12-22-28-24(36-3)23(25(31)32)30(22)17-18-13-14-20(19-10-8-7-9-11-19)21(16-18)37(34,35)29-26(33)27-15-5-2;;/h2*7-11,13-14,16H,4-6,12,15,17H2,1-3H3,(H,31,32)(H2,27,29,33);;/q;;2*+1/p-2. The minimum atomic E-state index is -4.25. The number of aromatic nitrogens is 4. The zero-order chi connectivity index (χ0) is 54.0. The van der Waals surface area contributed by atoms with Gasteiger partial charge in [-0.05, 0) is 72.6 Å². The van der Waals surface area contributed by atoms with E-state index in [1.165, 1.54) is 35.7 Å². The fourth-order valence-electron chi connectivity index (χ4n) is 7.78. The summed E-state index contributed by atoms with van der Waals surface area (Å²) in [5.74, 6) is -1.50. The predicted octanol–water partition coefficient (Wildman–Crippen LogP) is 0.857. The van der Waals surface area contributed by atoms with Crippen molar-refractivity contribution in [3.05, 3.63) is 131 Å². The quantitative estimate of drug-likeness (QED) is 0.0484. The number of hydrogen-bond donors (Lipinski definition) is 4. The van der Waals surface area contributed by atoms with Gasteiger partial charge in [-0.15, -0.1) is 23.5 Å². The molecular weight excluding hydrogens is 1100 g/mol. The molecule has 2 heterocycles. The minimum Gasteiger partial charge on any atom is -0.543 e. The fraction of sp³-hybridized carbons (Fsp3) is 0.346. The molecule has 24 heteroatoms. The summed E-state index contributed by atoms with van der Waals surface area (Å²) in [5, 5.41) is 29.8. The molecule has 0 aliphatic rings.